The second kappa shape index (κ2) is 9.48. The van der Waals surface area contributed by atoms with Crippen LogP contribution < -0.4 is 10.6 Å². The SMILES string of the molecule is CCCNC(=O)CN(C)C(=O)CN1CCNCC1c1cccc(F)c1. The van der Waals surface area contributed by atoms with E-state index < -0.39 is 0 Å². The first-order valence-corrected chi connectivity index (χ1v) is 8.72. The average molecular weight is 350 g/mol. The van der Waals surface area contributed by atoms with Gasteiger partial charge < -0.3 is 15.5 Å². The largest absolute Gasteiger partial charge is 0.355 e. The van der Waals surface area contributed by atoms with E-state index in [1.807, 2.05) is 17.9 Å². The summed E-state index contributed by atoms with van der Waals surface area (Å²) in [5.41, 5.74) is 0.850. The minimum absolute atomic E-state index is 0.0511. The predicted molar refractivity (Wildman–Crippen MR) is 94.5 cm³/mol. The Morgan fingerprint density at radius 2 is 2.24 bits per heavy atom. The second-order valence-corrected chi connectivity index (χ2v) is 6.35. The van der Waals surface area contributed by atoms with Crippen LogP contribution in [0, 0.1) is 5.82 Å². The van der Waals surface area contributed by atoms with E-state index >= 15 is 0 Å². The fraction of sp³-hybridized carbons (Fsp3) is 0.556. The quantitative estimate of drug-likeness (QED) is 0.762. The molecule has 0 aliphatic carbocycles. The van der Waals surface area contributed by atoms with Crippen LogP contribution in [0.1, 0.15) is 24.9 Å². The van der Waals surface area contributed by atoms with Crippen molar-refractivity contribution in [3.8, 4) is 0 Å². The fourth-order valence-corrected chi connectivity index (χ4v) is 2.90. The number of nitrogens with one attached hydrogen (secondary N) is 2. The van der Waals surface area contributed by atoms with Crippen LogP contribution in [0.3, 0.4) is 0 Å². The Labute approximate surface area is 148 Å². The van der Waals surface area contributed by atoms with Gasteiger partial charge in [-0.1, -0.05) is 19.1 Å². The highest BCUT2D eigenvalue weighted by Gasteiger charge is 2.27. The molecule has 0 bridgehead atoms. The summed E-state index contributed by atoms with van der Waals surface area (Å²) in [6.07, 6.45) is 0.861. The number of carbonyl (C=O) groups is 2. The van der Waals surface area contributed by atoms with Gasteiger partial charge in [-0.3, -0.25) is 14.5 Å². The van der Waals surface area contributed by atoms with Crippen molar-refractivity contribution in [1.82, 2.24) is 20.4 Å². The molecule has 1 aromatic carbocycles. The van der Waals surface area contributed by atoms with Gasteiger partial charge >= 0.3 is 0 Å². The molecule has 1 aromatic rings. The summed E-state index contributed by atoms with van der Waals surface area (Å²) in [6, 6.07) is 6.43. The van der Waals surface area contributed by atoms with Crippen molar-refractivity contribution in [1.29, 1.82) is 0 Å². The van der Waals surface area contributed by atoms with Gasteiger partial charge in [0.15, 0.2) is 0 Å². The molecule has 1 atom stereocenters. The molecule has 2 amide bonds. The van der Waals surface area contributed by atoms with Crippen LogP contribution >= 0.6 is 0 Å². The van der Waals surface area contributed by atoms with Gasteiger partial charge in [0.25, 0.3) is 0 Å². The third kappa shape index (κ3) is 5.79. The molecule has 6 nitrogen and oxygen atoms in total. The Morgan fingerprint density at radius 3 is 2.96 bits per heavy atom. The minimum Gasteiger partial charge on any atom is -0.355 e. The lowest BCUT2D eigenvalue weighted by Gasteiger charge is -2.36. The molecule has 1 fully saturated rings. The highest BCUT2D eigenvalue weighted by Crippen LogP contribution is 2.22. The molecule has 25 heavy (non-hydrogen) atoms. The third-order valence-electron chi connectivity index (χ3n) is 4.30. The molecule has 1 unspecified atom stereocenters. The molecule has 1 aliphatic rings. The number of hydrogen-bond donors (Lipinski definition) is 2. The van der Waals surface area contributed by atoms with Crippen molar-refractivity contribution >= 4 is 11.8 Å². The normalized spacial score (nSPS) is 18.0. The molecular formula is C18H27FN4O2. The van der Waals surface area contributed by atoms with Gasteiger partial charge in [-0.25, -0.2) is 4.39 Å². The van der Waals surface area contributed by atoms with E-state index in [0.29, 0.717) is 19.6 Å². The van der Waals surface area contributed by atoms with Crippen molar-refractivity contribution < 1.29 is 14.0 Å². The molecule has 7 heteroatoms. The lowest BCUT2D eigenvalue weighted by molar-refractivity contribution is -0.136. The highest BCUT2D eigenvalue weighted by atomic mass is 19.1. The monoisotopic (exact) mass is 350 g/mol. The van der Waals surface area contributed by atoms with Crippen LogP contribution in [0.25, 0.3) is 0 Å². The van der Waals surface area contributed by atoms with Crippen molar-refractivity contribution in [2.75, 3.05) is 46.3 Å². The summed E-state index contributed by atoms with van der Waals surface area (Å²) in [7, 11) is 1.63. The van der Waals surface area contributed by atoms with Gasteiger partial charge in [0, 0.05) is 39.3 Å². The Balaban J connectivity index is 1.96. The molecule has 0 spiro atoms. The molecule has 2 N–H and O–H groups in total. The zero-order valence-corrected chi connectivity index (χ0v) is 14.9. The van der Waals surface area contributed by atoms with Gasteiger partial charge in [-0.2, -0.15) is 0 Å². The highest BCUT2D eigenvalue weighted by molar-refractivity contribution is 5.85. The van der Waals surface area contributed by atoms with E-state index in [2.05, 4.69) is 10.6 Å². The summed E-state index contributed by atoms with van der Waals surface area (Å²) in [6.45, 7) is 4.99. The van der Waals surface area contributed by atoms with Crippen LogP contribution in [0.5, 0.6) is 0 Å². The van der Waals surface area contributed by atoms with Crippen LogP contribution in [-0.4, -0.2) is 67.9 Å². The number of hydrogen-bond acceptors (Lipinski definition) is 4. The van der Waals surface area contributed by atoms with Gasteiger partial charge in [0.1, 0.15) is 5.82 Å². The molecule has 138 valence electrons. The fourth-order valence-electron chi connectivity index (χ4n) is 2.90. The van der Waals surface area contributed by atoms with E-state index in [9.17, 15) is 14.0 Å². The first kappa shape index (κ1) is 19.3. The lowest BCUT2D eigenvalue weighted by Crippen LogP contribution is -2.50. The van der Waals surface area contributed by atoms with E-state index in [4.69, 9.17) is 0 Å². The molecular weight excluding hydrogens is 323 g/mol. The third-order valence-corrected chi connectivity index (χ3v) is 4.30. The van der Waals surface area contributed by atoms with Gasteiger partial charge in [0.2, 0.25) is 11.8 Å². The number of piperazine rings is 1. The van der Waals surface area contributed by atoms with Crippen LogP contribution in [0.15, 0.2) is 24.3 Å². The molecule has 2 rings (SSSR count). The zero-order chi connectivity index (χ0) is 18.2. The minimum atomic E-state index is -0.279. The lowest BCUT2D eigenvalue weighted by atomic mass is 10.0. The van der Waals surface area contributed by atoms with E-state index in [1.165, 1.54) is 17.0 Å². The predicted octanol–water partition coefficient (Wildman–Crippen LogP) is 0.757. The maximum atomic E-state index is 13.5. The van der Waals surface area contributed by atoms with Gasteiger partial charge in [-0.15, -0.1) is 0 Å². The number of halogens is 1. The number of likely N-dealkylation sites (N-methyl/N-ethyl adjacent to an activating group) is 1. The summed E-state index contributed by atoms with van der Waals surface area (Å²) < 4.78 is 13.5. The van der Waals surface area contributed by atoms with Crippen LogP contribution in [0.4, 0.5) is 4.39 Å². The summed E-state index contributed by atoms with van der Waals surface area (Å²) >= 11 is 0. The van der Waals surface area contributed by atoms with E-state index in [1.54, 1.807) is 13.1 Å². The maximum Gasteiger partial charge on any atom is 0.239 e. The topological polar surface area (TPSA) is 64.7 Å². The smallest absolute Gasteiger partial charge is 0.239 e. The number of rotatable bonds is 7. The molecule has 1 saturated heterocycles. The Hall–Kier alpha value is -1.99. The van der Waals surface area contributed by atoms with Crippen molar-refractivity contribution in [3.63, 3.8) is 0 Å². The van der Waals surface area contributed by atoms with E-state index in [-0.39, 0.29) is 36.8 Å². The zero-order valence-electron chi connectivity index (χ0n) is 14.9. The van der Waals surface area contributed by atoms with Crippen molar-refractivity contribution in [3.05, 3.63) is 35.6 Å². The van der Waals surface area contributed by atoms with Crippen LogP contribution in [-0.2, 0) is 9.59 Å². The van der Waals surface area contributed by atoms with Crippen LogP contribution in [0.2, 0.25) is 0 Å². The van der Waals surface area contributed by atoms with E-state index in [0.717, 1.165) is 18.5 Å². The summed E-state index contributed by atoms with van der Waals surface area (Å²) in [5.74, 6) is -0.547. The standard InChI is InChI=1S/C18H27FN4O2/c1-3-7-21-17(24)12-22(2)18(25)13-23-9-8-20-11-16(23)14-5-4-6-15(19)10-14/h4-6,10,16,20H,3,7-9,11-13H2,1-2H3,(H,21,24). The first-order valence-electron chi connectivity index (χ1n) is 8.72. The number of benzene rings is 1. The van der Waals surface area contributed by atoms with Gasteiger partial charge in [0.05, 0.1) is 13.1 Å². The summed E-state index contributed by atoms with van der Waals surface area (Å²) in [5, 5.41) is 6.05. The maximum absolute atomic E-state index is 13.5. The second-order valence-electron chi connectivity index (χ2n) is 6.35. The average Bonchev–Trinajstić information content (AvgIpc) is 2.60. The molecule has 0 aromatic heterocycles. The van der Waals surface area contributed by atoms with Crippen molar-refractivity contribution in [2.45, 2.75) is 19.4 Å². The Bertz CT molecular complexity index is 596. The molecule has 1 heterocycles. The van der Waals surface area contributed by atoms with Gasteiger partial charge in [-0.05, 0) is 24.1 Å². The summed E-state index contributed by atoms with van der Waals surface area (Å²) in [4.78, 5) is 27.7. The Morgan fingerprint density at radius 1 is 1.44 bits per heavy atom. The van der Waals surface area contributed by atoms with Crippen molar-refractivity contribution in [2.24, 2.45) is 0 Å². The molecule has 1 aliphatic heterocycles. The number of amides is 2. The Kier molecular flexibility index (Phi) is 7.33. The molecule has 0 saturated carbocycles. The number of carbonyl (C=O) groups excluding carboxylic acids is 2. The first-order chi connectivity index (χ1) is 12.0. The number of nitrogens with zero attached hydrogens (tertiary/aromatic N) is 2. The molecule has 0 radical (unpaired) electrons.